The molecule has 26 heavy (non-hydrogen) atoms. The molecule has 0 saturated carbocycles. The third-order valence-electron chi connectivity index (χ3n) is 3.56. The maximum absolute atomic E-state index is 13.6. The molecule has 0 saturated heterocycles. The standard InChI is InChI=1S/C17H10F3N3O3/c18-9-4-11(19)17(12(20)5-9)26-8-10-6-16(24)23-15(21-10)7-13(22-23)14-2-1-3-25-14/h1-7,24H,8H2. The minimum atomic E-state index is -1.17. The van der Waals surface area contributed by atoms with E-state index in [1.807, 2.05) is 0 Å². The first kappa shape index (κ1) is 16.0. The minimum absolute atomic E-state index is 0.198. The number of halogens is 3. The third kappa shape index (κ3) is 2.83. The normalized spacial score (nSPS) is 11.2. The van der Waals surface area contributed by atoms with Crippen LogP contribution in [-0.4, -0.2) is 19.7 Å². The van der Waals surface area contributed by atoms with Gasteiger partial charge in [0.1, 0.15) is 18.1 Å². The number of benzene rings is 1. The lowest BCUT2D eigenvalue weighted by Crippen LogP contribution is -2.04. The van der Waals surface area contributed by atoms with Gasteiger partial charge in [-0.3, -0.25) is 0 Å². The van der Waals surface area contributed by atoms with E-state index in [2.05, 4.69) is 10.1 Å². The van der Waals surface area contributed by atoms with Crippen LogP contribution < -0.4 is 4.74 Å². The largest absolute Gasteiger partial charge is 0.493 e. The van der Waals surface area contributed by atoms with Gasteiger partial charge in [-0.1, -0.05) is 0 Å². The van der Waals surface area contributed by atoms with Gasteiger partial charge in [-0.15, -0.1) is 0 Å². The summed E-state index contributed by atoms with van der Waals surface area (Å²) in [5, 5.41) is 14.2. The fourth-order valence-electron chi connectivity index (χ4n) is 2.44. The highest BCUT2D eigenvalue weighted by atomic mass is 19.1. The molecule has 132 valence electrons. The molecule has 6 nitrogen and oxygen atoms in total. The minimum Gasteiger partial charge on any atom is -0.493 e. The lowest BCUT2D eigenvalue weighted by atomic mass is 10.3. The summed E-state index contributed by atoms with van der Waals surface area (Å²) in [7, 11) is 0. The lowest BCUT2D eigenvalue weighted by Gasteiger charge is -2.08. The summed E-state index contributed by atoms with van der Waals surface area (Å²) < 4.78 is 51.6. The number of ether oxygens (including phenoxy) is 1. The average molecular weight is 361 g/mol. The van der Waals surface area contributed by atoms with E-state index < -0.39 is 23.2 Å². The molecule has 0 bridgehead atoms. The highest BCUT2D eigenvalue weighted by molar-refractivity contribution is 5.59. The maximum Gasteiger partial charge on any atom is 0.215 e. The molecule has 0 fully saturated rings. The first-order valence-electron chi connectivity index (χ1n) is 7.41. The van der Waals surface area contributed by atoms with Crippen LogP contribution in [0.2, 0.25) is 0 Å². The fraction of sp³-hybridized carbons (Fsp3) is 0.0588. The highest BCUT2D eigenvalue weighted by Gasteiger charge is 2.15. The molecule has 9 heteroatoms. The smallest absolute Gasteiger partial charge is 0.215 e. The molecule has 0 aliphatic heterocycles. The summed E-state index contributed by atoms with van der Waals surface area (Å²) in [6.45, 7) is -0.342. The molecule has 0 aliphatic rings. The Morgan fingerprint density at radius 2 is 1.88 bits per heavy atom. The predicted octanol–water partition coefficient (Wildman–Crippen LogP) is 3.69. The molecule has 3 aromatic heterocycles. The number of aromatic nitrogens is 3. The van der Waals surface area contributed by atoms with Crippen molar-refractivity contribution in [2.24, 2.45) is 0 Å². The van der Waals surface area contributed by atoms with Crippen LogP contribution in [-0.2, 0) is 6.61 Å². The molecule has 0 aliphatic carbocycles. The second-order valence-corrected chi connectivity index (χ2v) is 5.37. The molecule has 0 amide bonds. The molecule has 0 atom stereocenters. The van der Waals surface area contributed by atoms with Gasteiger partial charge in [0.2, 0.25) is 5.88 Å². The van der Waals surface area contributed by atoms with Crippen molar-refractivity contribution < 1.29 is 27.4 Å². The Bertz CT molecular complexity index is 1070. The summed E-state index contributed by atoms with van der Waals surface area (Å²) in [6.07, 6.45) is 1.48. The first-order chi connectivity index (χ1) is 12.5. The number of hydrogen-bond acceptors (Lipinski definition) is 5. The number of nitrogens with zero attached hydrogens (tertiary/aromatic N) is 3. The van der Waals surface area contributed by atoms with Gasteiger partial charge in [0.15, 0.2) is 28.8 Å². The predicted molar refractivity (Wildman–Crippen MR) is 83.0 cm³/mol. The summed E-state index contributed by atoms with van der Waals surface area (Å²) in [4.78, 5) is 4.21. The maximum atomic E-state index is 13.6. The Kier molecular flexibility index (Phi) is 3.76. The van der Waals surface area contributed by atoms with Crippen LogP contribution in [0.3, 0.4) is 0 Å². The van der Waals surface area contributed by atoms with Crippen LogP contribution in [0, 0.1) is 17.5 Å². The van der Waals surface area contributed by atoms with E-state index in [1.165, 1.54) is 16.8 Å². The third-order valence-corrected chi connectivity index (χ3v) is 3.56. The van der Waals surface area contributed by atoms with E-state index in [-0.39, 0.29) is 23.8 Å². The summed E-state index contributed by atoms with van der Waals surface area (Å²) in [5.74, 6) is -3.87. The number of rotatable bonds is 4. The van der Waals surface area contributed by atoms with Crippen molar-refractivity contribution in [2.75, 3.05) is 0 Å². The van der Waals surface area contributed by atoms with E-state index in [4.69, 9.17) is 9.15 Å². The van der Waals surface area contributed by atoms with Crippen molar-refractivity contribution in [3.05, 3.63) is 65.8 Å². The Hall–Kier alpha value is -3.49. The number of fused-ring (bicyclic) bond motifs is 1. The topological polar surface area (TPSA) is 72.8 Å². The van der Waals surface area contributed by atoms with Crippen LogP contribution in [0.1, 0.15) is 5.69 Å². The molecule has 3 heterocycles. The molecule has 0 unspecified atom stereocenters. The van der Waals surface area contributed by atoms with Gasteiger partial charge in [0, 0.05) is 24.3 Å². The van der Waals surface area contributed by atoms with E-state index in [0.29, 0.717) is 23.6 Å². The number of aromatic hydroxyl groups is 1. The highest BCUT2D eigenvalue weighted by Crippen LogP contribution is 2.25. The molecular weight excluding hydrogens is 351 g/mol. The summed E-state index contributed by atoms with van der Waals surface area (Å²) in [5.41, 5.74) is 0.936. The van der Waals surface area contributed by atoms with Gasteiger partial charge in [-0.25, -0.2) is 18.2 Å². The van der Waals surface area contributed by atoms with E-state index in [1.54, 1.807) is 18.2 Å². The first-order valence-corrected chi connectivity index (χ1v) is 7.41. The van der Waals surface area contributed by atoms with Crippen molar-refractivity contribution in [3.63, 3.8) is 0 Å². The van der Waals surface area contributed by atoms with Gasteiger partial charge in [0.25, 0.3) is 0 Å². The molecule has 0 radical (unpaired) electrons. The summed E-state index contributed by atoms with van der Waals surface area (Å²) in [6, 6.07) is 7.23. The summed E-state index contributed by atoms with van der Waals surface area (Å²) >= 11 is 0. The Balaban J connectivity index is 1.63. The number of furan rings is 1. The molecule has 4 aromatic rings. The zero-order valence-electron chi connectivity index (χ0n) is 13.0. The van der Waals surface area contributed by atoms with Gasteiger partial charge in [-0.05, 0) is 12.1 Å². The average Bonchev–Trinajstić information content (AvgIpc) is 3.23. The molecule has 4 rings (SSSR count). The molecule has 0 spiro atoms. The second kappa shape index (κ2) is 6.10. The quantitative estimate of drug-likeness (QED) is 0.600. The van der Waals surface area contributed by atoms with Gasteiger partial charge in [-0.2, -0.15) is 9.61 Å². The van der Waals surface area contributed by atoms with E-state index in [0.717, 1.165) is 0 Å². The van der Waals surface area contributed by atoms with Gasteiger partial charge >= 0.3 is 0 Å². The van der Waals surface area contributed by atoms with Crippen molar-refractivity contribution in [1.29, 1.82) is 0 Å². The molecule has 1 aromatic carbocycles. The molecular formula is C17H10F3N3O3. The van der Waals surface area contributed by atoms with Gasteiger partial charge < -0.3 is 14.3 Å². The van der Waals surface area contributed by atoms with Crippen molar-refractivity contribution in [3.8, 4) is 23.1 Å². The van der Waals surface area contributed by atoms with Gasteiger partial charge in [0.05, 0.1) is 12.0 Å². The Labute approximate surface area is 144 Å². The van der Waals surface area contributed by atoms with E-state index >= 15 is 0 Å². The zero-order valence-corrected chi connectivity index (χ0v) is 13.0. The second-order valence-electron chi connectivity index (χ2n) is 5.37. The Morgan fingerprint density at radius 3 is 2.58 bits per heavy atom. The van der Waals surface area contributed by atoms with Crippen LogP contribution in [0.25, 0.3) is 17.1 Å². The molecule has 1 N–H and O–H groups in total. The Morgan fingerprint density at radius 1 is 1.12 bits per heavy atom. The van der Waals surface area contributed by atoms with Crippen LogP contribution in [0.15, 0.2) is 47.1 Å². The van der Waals surface area contributed by atoms with E-state index in [9.17, 15) is 18.3 Å². The number of hydrogen-bond donors (Lipinski definition) is 1. The van der Waals surface area contributed by atoms with Crippen molar-refractivity contribution in [1.82, 2.24) is 14.6 Å². The lowest BCUT2D eigenvalue weighted by molar-refractivity contribution is 0.268. The van der Waals surface area contributed by atoms with Crippen LogP contribution in [0.4, 0.5) is 13.2 Å². The SMILES string of the molecule is Oc1cc(COc2c(F)cc(F)cc2F)nc2cc(-c3ccco3)nn12. The monoisotopic (exact) mass is 361 g/mol. The zero-order chi connectivity index (χ0) is 18.3. The fourth-order valence-corrected chi connectivity index (χ4v) is 2.44. The van der Waals surface area contributed by atoms with Crippen molar-refractivity contribution in [2.45, 2.75) is 6.61 Å². The van der Waals surface area contributed by atoms with Crippen LogP contribution in [0.5, 0.6) is 11.6 Å². The van der Waals surface area contributed by atoms with Crippen molar-refractivity contribution >= 4 is 5.65 Å². The van der Waals surface area contributed by atoms with Crippen LogP contribution >= 0.6 is 0 Å².